The van der Waals surface area contributed by atoms with Crippen LogP contribution in [0.3, 0.4) is 0 Å². The van der Waals surface area contributed by atoms with Gasteiger partial charge in [-0.1, -0.05) is 29.8 Å². The number of nitrogens with zero attached hydrogens (tertiary/aromatic N) is 1. The zero-order valence-corrected chi connectivity index (χ0v) is 16.0. The van der Waals surface area contributed by atoms with Crippen LogP contribution >= 0.6 is 11.6 Å². The first kappa shape index (κ1) is 19.2. The van der Waals surface area contributed by atoms with Crippen molar-refractivity contribution in [1.82, 2.24) is 0 Å². The Morgan fingerprint density at radius 2 is 1.59 bits per heavy atom. The minimum atomic E-state index is -3.94. The molecule has 0 saturated heterocycles. The normalized spacial score (nSPS) is 11.2. The summed E-state index contributed by atoms with van der Waals surface area (Å²) < 4.78 is 46.4. The first-order valence-corrected chi connectivity index (χ1v) is 9.89. The lowest BCUT2D eigenvalue weighted by molar-refractivity contribution is 0.410. The second-order valence-corrected chi connectivity index (χ2v) is 8.05. The lowest BCUT2D eigenvalue weighted by Gasteiger charge is -2.25. The Morgan fingerprint density at radius 3 is 2.22 bits per heavy atom. The number of hydrogen-bond acceptors (Lipinski definition) is 3. The van der Waals surface area contributed by atoms with Gasteiger partial charge in [-0.05, 0) is 54.6 Å². The fourth-order valence-electron chi connectivity index (χ4n) is 2.64. The van der Waals surface area contributed by atoms with Gasteiger partial charge in [0, 0.05) is 10.6 Å². The molecule has 7 heteroatoms. The van der Waals surface area contributed by atoms with Crippen molar-refractivity contribution in [2.24, 2.45) is 0 Å². The first-order chi connectivity index (χ1) is 12.9. The Labute approximate surface area is 162 Å². The topological polar surface area (TPSA) is 46.6 Å². The molecule has 3 aromatic rings. The standard InChI is InChI=1S/C20H17ClFNO3S/c1-26-20-5-3-2-4-15(20)14-23(18-10-6-16(21)7-11-18)27(24,25)19-12-8-17(22)9-13-19/h2-13H,14H2,1H3. The Kier molecular flexibility index (Phi) is 5.68. The van der Waals surface area contributed by atoms with Gasteiger partial charge in [-0.2, -0.15) is 0 Å². The molecule has 0 bridgehead atoms. The van der Waals surface area contributed by atoms with E-state index in [1.54, 1.807) is 36.4 Å². The van der Waals surface area contributed by atoms with Crippen molar-refractivity contribution in [2.75, 3.05) is 11.4 Å². The summed E-state index contributed by atoms with van der Waals surface area (Å²) in [6.07, 6.45) is 0. The van der Waals surface area contributed by atoms with E-state index in [0.29, 0.717) is 22.0 Å². The van der Waals surface area contributed by atoms with Crippen LogP contribution in [0, 0.1) is 5.82 Å². The molecule has 0 N–H and O–H groups in total. The highest BCUT2D eigenvalue weighted by molar-refractivity contribution is 7.92. The number of para-hydroxylation sites is 1. The smallest absolute Gasteiger partial charge is 0.264 e. The van der Waals surface area contributed by atoms with Crippen LogP contribution in [0.15, 0.2) is 77.7 Å². The highest BCUT2D eigenvalue weighted by Crippen LogP contribution is 2.29. The number of anilines is 1. The minimum Gasteiger partial charge on any atom is -0.496 e. The monoisotopic (exact) mass is 405 g/mol. The van der Waals surface area contributed by atoms with E-state index in [2.05, 4.69) is 0 Å². The quantitative estimate of drug-likeness (QED) is 0.587. The fourth-order valence-corrected chi connectivity index (χ4v) is 4.21. The zero-order valence-electron chi connectivity index (χ0n) is 14.5. The van der Waals surface area contributed by atoms with E-state index in [1.165, 1.54) is 23.5 Å². The second kappa shape index (κ2) is 7.98. The summed E-state index contributed by atoms with van der Waals surface area (Å²) in [4.78, 5) is -0.00579. The molecule has 0 aromatic heterocycles. The molecule has 3 aromatic carbocycles. The molecule has 4 nitrogen and oxygen atoms in total. The molecule has 0 heterocycles. The van der Waals surface area contributed by atoms with Gasteiger partial charge in [-0.15, -0.1) is 0 Å². The van der Waals surface area contributed by atoms with Gasteiger partial charge in [0.05, 0.1) is 24.2 Å². The van der Waals surface area contributed by atoms with Crippen molar-refractivity contribution in [3.8, 4) is 5.75 Å². The van der Waals surface area contributed by atoms with Gasteiger partial charge < -0.3 is 4.74 Å². The molecule has 0 atom stereocenters. The number of sulfonamides is 1. The fraction of sp³-hybridized carbons (Fsp3) is 0.100. The molecule has 0 fully saturated rings. The summed E-state index contributed by atoms with van der Waals surface area (Å²) in [5.74, 6) is 0.0718. The number of methoxy groups -OCH3 is 1. The van der Waals surface area contributed by atoms with Gasteiger partial charge in [0.15, 0.2) is 0 Å². The maximum atomic E-state index is 13.3. The van der Waals surface area contributed by atoms with Crippen LogP contribution in [0.1, 0.15) is 5.56 Å². The van der Waals surface area contributed by atoms with E-state index in [1.807, 2.05) is 12.1 Å². The number of ether oxygens (including phenoxy) is 1. The van der Waals surface area contributed by atoms with E-state index in [4.69, 9.17) is 16.3 Å². The molecule has 0 saturated carbocycles. The van der Waals surface area contributed by atoms with Crippen LogP contribution in [-0.4, -0.2) is 15.5 Å². The van der Waals surface area contributed by atoms with Crippen LogP contribution in [0.5, 0.6) is 5.75 Å². The van der Waals surface area contributed by atoms with Gasteiger partial charge in [-0.3, -0.25) is 4.31 Å². The molecule has 0 spiro atoms. The van der Waals surface area contributed by atoms with E-state index in [9.17, 15) is 12.8 Å². The summed E-state index contributed by atoms with van der Waals surface area (Å²) in [7, 11) is -2.41. The Balaban J connectivity index is 2.09. The third-order valence-electron chi connectivity index (χ3n) is 4.02. The largest absolute Gasteiger partial charge is 0.496 e. The average Bonchev–Trinajstić information content (AvgIpc) is 2.67. The highest BCUT2D eigenvalue weighted by Gasteiger charge is 2.26. The number of benzene rings is 3. The highest BCUT2D eigenvalue weighted by atomic mass is 35.5. The van der Waals surface area contributed by atoms with Crippen molar-refractivity contribution < 1.29 is 17.5 Å². The lowest BCUT2D eigenvalue weighted by Crippen LogP contribution is -2.30. The van der Waals surface area contributed by atoms with Crippen LogP contribution in [0.25, 0.3) is 0 Å². The van der Waals surface area contributed by atoms with Gasteiger partial charge in [0.2, 0.25) is 0 Å². The maximum Gasteiger partial charge on any atom is 0.264 e. The molecule has 140 valence electrons. The van der Waals surface area contributed by atoms with Gasteiger partial charge in [0.25, 0.3) is 10.0 Å². The van der Waals surface area contributed by atoms with Gasteiger partial charge >= 0.3 is 0 Å². The molecule has 0 aliphatic heterocycles. The van der Waals surface area contributed by atoms with E-state index in [0.717, 1.165) is 12.1 Å². The minimum absolute atomic E-state index is 0.00579. The van der Waals surface area contributed by atoms with Crippen molar-refractivity contribution >= 4 is 27.3 Å². The van der Waals surface area contributed by atoms with Crippen molar-refractivity contribution in [3.63, 3.8) is 0 Å². The summed E-state index contributed by atoms with van der Waals surface area (Å²) >= 11 is 5.94. The van der Waals surface area contributed by atoms with Crippen molar-refractivity contribution in [2.45, 2.75) is 11.4 Å². The number of rotatable bonds is 6. The van der Waals surface area contributed by atoms with Crippen LogP contribution < -0.4 is 9.04 Å². The summed E-state index contributed by atoms with van der Waals surface area (Å²) in [6.45, 7) is 0.0470. The molecule has 0 aliphatic rings. The molecule has 27 heavy (non-hydrogen) atoms. The zero-order chi connectivity index (χ0) is 19.4. The lowest BCUT2D eigenvalue weighted by atomic mass is 10.2. The third kappa shape index (κ3) is 4.23. The van der Waals surface area contributed by atoms with E-state index < -0.39 is 15.8 Å². The number of halogens is 2. The Bertz CT molecular complexity index is 1020. The molecule has 0 aliphatic carbocycles. The molecular weight excluding hydrogens is 389 g/mol. The Hall–Kier alpha value is -2.57. The molecule has 0 amide bonds. The van der Waals surface area contributed by atoms with E-state index >= 15 is 0 Å². The number of hydrogen-bond donors (Lipinski definition) is 0. The predicted octanol–water partition coefficient (Wildman–Crippen LogP) is 4.88. The summed E-state index contributed by atoms with van der Waals surface area (Å²) in [5.41, 5.74) is 1.13. The molecule has 0 radical (unpaired) electrons. The van der Waals surface area contributed by atoms with Crippen LogP contribution in [-0.2, 0) is 16.6 Å². The summed E-state index contributed by atoms with van der Waals surface area (Å²) in [6, 6.07) is 18.4. The first-order valence-electron chi connectivity index (χ1n) is 8.07. The summed E-state index contributed by atoms with van der Waals surface area (Å²) in [5, 5.41) is 0.496. The SMILES string of the molecule is COc1ccccc1CN(c1ccc(Cl)cc1)S(=O)(=O)c1ccc(F)cc1. The second-order valence-electron chi connectivity index (χ2n) is 5.75. The van der Waals surface area contributed by atoms with Gasteiger partial charge in [-0.25, -0.2) is 12.8 Å². The molecular formula is C20H17ClFNO3S. The Morgan fingerprint density at radius 1 is 0.963 bits per heavy atom. The molecule has 3 rings (SSSR count). The molecule has 0 unspecified atom stereocenters. The average molecular weight is 406 g/mol. The van der Waals surface area contributed by atoms with Crippen molar-refractivity contribution in [1.29, 1.82) is 0 Å². The predicted molar refractivity (Wildman–Crippen MR) is 104 cm³/mol. The van der Waals surface area contributed by atoms with Crippen LogP contribution in [0.2, 0.25) is 5.02 Å². The van der Waals surface area contributed by atoms with Crippen molar-refractivity contribution in [3.05, 3.63) is 89.2 Å². The third-order valence-corrected chi connectivity index (χ3v) is 6.06. The maximum absolute atomic E-state index is 13.3. The van der Waals surface area contributed by atoms with Gasteiger partial charge in [0.1, 0.15) is 11.6 Å². The van der Waals surface area contributed by atoms with Crippen LogP contribution in [0.4, 0.5) is 10.1 Å². The van der Waals surface area contributed by atoms with E-state index in [-0.39, 0.29) is 11.4 Å².